The first-order valence-corrected chi connectivity index (χ1v) is 9.89. The lowest BCUT2D eigenvalue weighted by Gasteiger charge is -2.32. The maximum absolute atomic E-state index is 13.2. The number of ether oxygens (including phenoxy) is 1. The molecule has 2 aliphatic rings. The highest BCUT2D eigenvalue weighted by Crippen LogP contribution is 2.29. The number of carbonyl (C=O) groups excluding carboxylic acids is 1. The van der Waals surface area contributed by atoms with Crippen molar-refractivity contribution in [3.63, 3.8) is 0 Å². The predicted molar refractivity (Wildman–Crippen MR) is 103 cm³/mol. The van der Waals surface area contributed by atoms with E-state index >= 15 is 0 Å². The van der Waals surface area contributed by atoms with E-state index in [0.717, 1.165) is 42.6 Å². The summed E-state index contributed by atoms with van der Waals surface area (Å²) in [7, 11) is 0. The molecule has 1 aromatic heterocycles. The van der Waals surface area contributed by atoms with E-state index in [1.807, 2.05) is 4.68 Å². The maximum atomic E-state index is 13.2. The van der Waals surface area contributed by atoms with Gasteiger partial charge in [-0.1, -0.05) is 19.1 Å². The third-order valence-corrected chi connectivity index (χ3v) is 5.55. The van der Waals surface area contributed by atoms with Crippen molar-refractivity contribution in [1.82, 2.24) is 14.7 Å². The molecule has 1 atom stereocenters. The second kappa shape index (κ2) is 7.75. The highest BCUT2D eigenvalue weighted by Gasteiger charge is 2.32. The average Bonchev–Trinajstić information content (AvgIpc) is 3.30. The first-order chi connectivity index (χ1) is 13.6. The van der Waals surface area contributed by atoms with Gasteiger partial charge in [0.15, 0.2) is 5.69 Å². The maximum Gasteiger partial charge on any atom is 0.306 e. The molecular weight excluding hydrogens is 358 g/mol. The van der Waals surface area contributed by atoms with Crippen LogP contribution in [0.25, 0.3) is 5.69 Å². The van der Waals surface area contributed by atoms with Crippen molar-refractivity contribution in [3.8, 4) is 5.69 Å². The molecule has 1 N–H and O–H groups in total. The van der Waals surface area contributed by atoms with Gasteiger partial charge in [-0.05, 0) is 43.4 Å². The zero-order valence-electron chi connectivity index (χ0n) is 16.1. The zero-order valence-corrected chi connectivity index (χ0v) is 16.1. The van der Waals surface area contributed by atoms with Crippen LogP contribution >= 0.6 is 0 Å². The van der Waals surface area contributed by atoms with Crippen molar-refractivity contribution in [3.05, 3.63) is 46.8 Å². The number of aromatic nitrogens is 2. The SMILES string of the molecule is CCc1ccc(-n2nc(C(=O)N3CCOC(CC(=O)O)C3)c3c2CCC3)cc1. The molecule has 1 aromatic carbocycles. The number of carboxylic acid groups (broad SMARTS) is 1. The fraction of sp³-hybridized carbons (Fsp3) is 0.476. The molecular formula is C21H25N3O4. The lowest BCUT2D eigenvalue weighted by atomic mass is 10.1. The van der Waals surface area contributed by atoms with Crippen molar-refractivity contribution in [2.75, 3.05) is 19.7 Å². The fourth-order valence-corrected chi connectivity index (χ4v) is 4.07. The minimum absolute atomic E-state index is 0.0971. The summed E-state index contributed by atoms with van der Waals surface area (Å²) in [6.07, 6.45) is 3.20. The lowest BCUT2D eigenvalue weighted by molar-refractivity contribution is -0.141. The summed E-state index contributed by atoms with van der Waals surface area (Å²) in [4.78, 5) is 25.8. The molecule has 2 heterocycles. The van der Waals surface area contributed by atoms with Crippen LogP contribution in [0.4, 0.5) is 0 Å². The van der Waals surface area contributed by atoms with E-state index in [9.17, 15) is 9.59 Å². The molecule has 7 nitrogen and oxygen atoms in total. The van der Waals surface area contributed by atoms with Crippen LogP contribution < -0.4 is 0 Å². The standard InChI is InChI=1S/C21H25N3O4/c1-2-14-6-8-15(9-7-14)24-18-5-3-4-17(18)20(22-24)21(27)23-10-11-28-16(13-23)12-19(25)26/h6-9,16H,2-5,10-13H2,1H3,(H,25,26). The normalized spacial score (nSPS) is 18.9. The van der Waals surface area contributed by atoms with E-state index in [-0.39, 0.29) is 18.9 Å². The molecule has 1 unspecified atom stereocenters. The van der Waals surface area contributed by atoms with Crippen molar-refractivity contribution in [2.24, 2.45) is 0 Å². The van der Waals surface area contributed by atoms with Crippen molar-refractivity contribution in [1.29, 1.82) is 0 Å². The van der Waals surface area contributed by atoms with Gasteiger partial charge in [-0.2, -0.15) is 5.10 Å². The molecule has 1 saturated heterocycles. The summed E-state index contributed by atoms with van der Waals surface area (Å²) in [5.41, 5.74) is 4.89. The smallest absolute Gasteiger partial charge is 0.306 e. The van der Waals surface area contributed by atoms with E-state index in [4.69, 9.17) is 9.84 Å². The quantitative estimate of drug-likeness (QED) is 0.856. The number of nitrogens with zero attached hydrogens (tertiary/aromatic N) is 3. The number of amides is 1. The Balaban J connectivity index is 1.61. The van der Waals surface area contributed by atoms with Crippen molar-refractivity contribution < 1.29 is 19.4 Å². The highest BCUT2D eigenvalue weighted by atomic mass is 16.5. The third kappa shape index (κ3) is 3.54. The van der Waals surface area contributed by atoms with Crippen LogP contribution in [0.15, 0.2) is 24.3 Å². The molecule has 2 aromatic rings. The largest absolute Gasteiger partial charge is 0.481 e. The second-order valence-electron chi connectivity index (χ2n) is 7.40. The van der Waals surface area contributed by atoms with Crippen LogP contribution in [0, 0.1) is 0 Å². The van der Waals surface area contributed by atoms with Crippen LogP contribution in [0.2, 0.25) is 0 Å². The lowest BCUT2D eigenvalue weighted by Crippen LogP contribution is -2.46. The van der Waals surface area contributed by atoms with Crippen molar-refractivity contribution in [2.45, 2.75) is 45.1 Å². The number of aliphatic carboxylic acids is 1. The molecule has 1 aliphatic heterocycles. The number of morpholine rings is 1. The van der Waals surface area contributed by atoms with Crippen molar-refractivity contribution >= 4 is 11.9 Å². The molecule has 1 fully saturated rings. The average molecular weight is 383 g/mol. The van der Waals surface area contributed by atoms with Crippen LogP contribution in [0.3, 0.4) is 0 Å². The van der Waals surface area contributed by atoms with Gasteiger partial charge in [-0.25, -0.2) is 4.68 Å². The van der Waals surface area contributed by atoms with E-state index in [1.54, 1.807) is 4.90 Å². The Kier molecular flexibility index (Phi) is 5.17. The summed E-state index contributed by atoms with van der Waals surface area (Å²) in [5, 5.41) is 13.7. The third-order valence-electron chi connectivity index (χ3n) is 5.55. The minimum Gasteiger partial charge on any atom is -0.481 e. The zero-order chi connectivity index (χ0) is 19.7. The molecule has 0 saturated carbocycles. The van der Waals surface area contributed by atoms with Gasteiger partial charge in [0, 0.05) is 24.3 Å². The molecule has 0 spiro atoms. The summed E-state index contributed by atoms with van der Waals surface area (Å²) in [6.45, 7) is 3.22. The van der Waals surface area contributed by atoms with Gasteiger partial charge in [-0.3, -0.25) is 9.59 Å². The van der Waals surface area contributed by atoms with Crippen LogP contribution in [-0.2, 0) is 28.8 Å². The number of benzene rings is 1. The predicted octanol–water partition coefficient (Wildman–Crippen LogP) is 2.24. The number of aryl methyl sites for hydroxylation is 1. The van der Waals surface area contributed by atoms with Gasteiger partial charge in [0.1, 0.15) is 0 Å². The van der Waals surface area contributed by atoms with Gasteiger partial charge < -0.3 is 14.7 Å². The molecule has 0 bridgehead atoms. The van der Waals surface area contributed by atoms with Gasteiger partial charge in [0.25, 0.3) is 5.91 Å². The number of carbonyl (C=O) groups is 2. The number of carboxylic acids is 1. The Morgan fingerprint density at radius 1 is 1.25 bits per heavy atom. The molecule has 7 heteroatoms. The summed E-state index contributed by atoms with van der Waals surface area (Å²) >= 11 is 0. The minimum atomic E-state index is -0.917. The highest BCUT2D eigenvalue weighted by molar-refractivity contribution is 5.94. The Morgan fingerprint density at radius 2 is 2.04 bits per heavy atom. The molecule has 1 amide bonds. The van der Waals surface area contributed by atoms with Gasteiger partial charge >= 0.3 is 5.97 Å². The van der Waals surface area contributed by atoms with Crippen LogP contribution in [0.1, 0.15) is 47.1 Å². The van der Waals surface area contributed by atoms with E-state index in [2.05, 4.69) is 36.3 Å². The summed E-state index contributed by atoms with van der Waals surface area (Å²) in [5.74, 6) is -1.04. The molecule has 148 valence electrons. The number of hydrogen-bond donors (Lipinski definition) is 1. The second-order valence-corrected chi connectivity index (χ2v) is 7.40. The molecule has 1 aliphatic carbocycles. The number of hydrogen-bond acceptors (Lipinski definition) is 4. The Hall–Kier alpha value is -2.67. The summed E-state index contributed by atoms with van der Waals surface area (Å²) < 4.78 is 7.40. The number of fused-ring (bicyclic) bond motifs is 1. The van der Waals surface area contributed by atoms with Crippen LogP contribution in [0.5, 0.6) is 0 Å². The Labute approximate surface area is 163 Å². The first kappa shape index (κ1) is 18.7. The Morgan fingerprint density at radius 3 is 2.75 bits per heavy atom. The molecule has 28 heavy (non-hydrogen) atoms. The summed E-state index contributed by atoms with van der Waals surface area (Å²) in [6, 6.07) is 8.29. The Bertz CT molecular complexity index is 888. The monoisotopic (exact) mass is 383 g/mol. The van der Waals surface area contributed by atoms with E-state index in [0.29, 0.717) is 18.8 Å². The fourth-order valence-electron chi connectivity index (χ4n) is 4.07. The number of rotatable bonds is 5. The van der Waals surface area contributed by atoms with Gasteiger partial charge in [-0.15, -0.1) is 0 Å². The van der Waals surface area contributed by atoms with E-state index < -0.39 is 12.1 Å². The van der Waals surface area contributed by atoms with Gasteiger partial charge in [0.2, 0.25) is 0 Å². The molecule has 4 rings (SSSR count). The molecule has 0 radical (unpaired) electrons. The topological polar surface area (TPSA) is 84.7 Å². The first-order valence-electron chi connectivity index (χ1n) is 9.89. The van der Waals surface area contributed by atoms with E-state index in [1.165, 1.54) is 5.56 Å². The van der Waals surface area contributed by atoms with Gasteiger partial charge in [0.05, 0.1) is 24.8 Å². The van der Waals surface area contributed by atoms with Crippen LogP contribution in [-0.4, -0.2) is 57.5 Å².